The van der Waals surface area contributed by atoms with Crippen molar-refractivity contribution in [2.75, 3.05) is 0 Å². The summed E-state index contributed by atoms with van der Waals surface area (Å²) in [4.78, 5) is 3.56. The fraction of sp³-hybridized carbons (Fsp3) is 0.0833. The number of benzene rings is 1. The van der Waals surface area contributed by atoms with Crippen molar-refractivity contribution in [3.05, 3.63) is 64.4 Å². The van der Waals surface area contributed by atoms with Crippen molar-refractivity contribution in [1.29, 1.82) is 0 Å². The Morgan fingerprint density at radius 1 is 1.12 bits per heavy atom. The largest absolute Gasteiger partial charge is 0.383 e. The van der Waals surface area contributed by atoms with E-state index in [1.807, 2.05) is 0 Å². The van der Waals surface area contributed by atoms with E-state index in [1.54, 1.807) is 0 Å². The average Bonchev–Trinajstić information content (AvgIpc) is 2.32. The van der Waals surface area contributed by atoms with Crippen molar-refractivity contribution in [2.24, 2.45) is 0 Å². The number of aliphatic hydroxyl groups is 1. The monoisotopic (exact) mass is 255 g/mol. The number of rotatable bonds is 2. The van der Waals surface area contributed by atoms with Crippen molar-refractivity contribution in [1.82, 2.24) is 4.98 Å². The van der Waals surface area contributed by atoms with Gasteiger partial charge in [0.1, 0.15) is 17.7 Å². The molecule has 88 valence electrons. The molecule has 0 spiro atoms. The fourth-order valence-electron chi connectivity index (χ4n) is 1.50. The molecule has 0 aliphatic rings. The summed E-state index contributed by atoms with van der Waals surface area (Å²) in [5.74, 6) is -1.34. The molecule has 5 heteroatoms. The van der Waals surface area contributed by atoms with Crippen LogP contribution in [0.25, 0.3) is 0 Å². The van der Waals surface area contributed by atoms with Crippen LogP contribution in [-0.4, -0.2) is 10.1 Å². The van der Waals surface area contributed by atoms with Crippen molar-refractivity contribution < 1.29 is 13.9 Å². The molecule has 0 amide bonds. The van der Waals surface area contributed by atoms with Gasteiger partial charge in [-0.3, -0.25) is 4.98 Å². The van der Waals surface area contributed by atoms with Crippen LogP contribution in [-0.2, 0) is 0 Å². The minimum atomic E-state index is -1.41. The topological polar surface area (TPSA) is 33.1 Å². The third kappa shape index (κ3) is 2.43. The van der Waals surface area contributed by atoms with Gasteiger partial charge in [-0.15, -0.1) is 0 Å². The highest BCUT2D eigenvalue weighted by Crippen LogP contribution is 2.27. The molecule has 1 aromatic heterocycles. The molecule has 0 aliphatic carbocycles. The molecule has 0 radical (unpaired) electrons. The lowest BCUT2D eigenvalue weighted by atomic mass is 10.0. The van der Waals surface area contributed by atoms with Gasteiger partial charge in [-0.05, 0) is 24.3 Å². The van der Waals surface area contributed by atoms with E-state index in [0.717, 1.165) is 12.3 Å². The number of hydrogen-bond donors (Lipinski definition) is 1. The Bertz CT molecular complexity index is 548. The highest BCUT2D eigenvalue weighted by atomic mass is 35.5. The lowest BCUT2D eigenvalue weighted by molar-refractivity contribution is 0.209. The van der Waals surface area contributed by atoms with E-state index in [0.29, 0.717) is 0 Å². The second-order valence-corrected chi connectivity index (χ2v) is 3.90. The van der Waals surface area contributed by atoms with Gasteiger partial charge in [-0.25, -0.2) is 8.78 Å². The van der Waals surface area contributed by atoms with Crippen LogP contribution in [0.2, 0.25) is 5.02 Å². The first-order valence-corrected chi connectivity index (χ1v) is 5.20. The lowest BCUT2D eigenvalue weighted by Gasteiger charge is -2.13. The van der Waals surface area contributed by atoms with Crippen molar-refractivity contribution in [2.45, 2.75) is 6.10 Å². The minimum absolute atomic E-state index is 0.0406. The molecule has 2 rings (SSSR count). The minimum Gasteiger partial charge on any atom is -0.383 e. The summed E-state index contributed by atoms with van der Waals surface area (Å²) in [5, 5.41) is 10.2. The van der Waals surface area contributed by atoms with Crippen LogP contribution in [0.3, 0.4) is 0 Å². The number of aliphatic hydroxyl groups excluding tert-OH is 1. The molecule has 1 heterocycles. The third-order valence-electron chi connectivity index (χ3n) is 2.35. The summed E-state index contributed by atoms with van der Waals surface area (Å²) in [6.07, 6.45) is 0.877. The number of aromatic nitrogens is 1. The Morgan fingerprint density at radius 2 is 1.88 bits per heavy atom. The molecule has 0 saturated heterocycles. The summed E-state index contributed by atoms with van der Waals surface area (Å²) in [7, 11) is 0. The summed E-state index contributed by atoms with van der Waals surface area (Å²) in [6, 6.07) is 5.04. The molecular formula is C12H8ClF2NO. The van der Waals surface area contributed by atoms with Crippen molar-refractivity contribution in [3.63, 3.8) is 0 Å². The summed E-state index contributed by atoms with van der Waals surface area (Å²) >= 11 is 5.70. The molecule has 0 aliphatic heterocycles. The Morgan fingerprint density at radius 3 is 2.59 bits per heavy atom. The van der Waals surface area contributed by atoms with E-state index in [9.17, 15) is 13.9 Å². The number of halogens is 3. The highest BCUT2D eigenvalue weighted by molar-refractivity contribution is 6.30. The van der Waals surface area contributed by atoms with Gasteiger partial charge in [0.25, 0.3) is 0 Å². The van der Waals surface area contributed by atoms with E-state index < -0.39 is 17.7 Å². The molecule has 0 bridgehead atoms. The zero-order valence-corrected chi connectivity index (χ0v) is 9.33. The second kappa shape index (κ2) is 4.77. The van der Waals surface area contributed by atoms with E-state index in [2.05, 4.69) is 4.98 Å². The van der Waals surface area contributed by atoms with E-state index in [4.69, 9.17) is 11.6 Å². The van der Waals surface area contributed by atoms with Crippen LogP contribution in [0.5, 0.6) is 0 Å². The van der Waals surface area contributed by atoms with Crippen LogP contribution in [0, 0.1) is 11.6 Å². The molecule has 2 nitrogen and oxygen atoms in total. The molecule has 1 unspecified atom stereocenters. The SMILES string of the molecule is OC(c1ccncc1F)c1cc(Cl)ccc1F. The first-order valence-electron chi connectivity index (χ1n) is 4.82. The predicted molar refractivity (Wildman–Crippen MR) is 59.7 cm³/mol. The average molecular weight is 256 g/mol. The lowest BCUT2D eigenvalue weighted by Crippen LogP contribution is -2.05. The Labute approximate surface area is 102 Å². The molecule has 0 saturated carbocycles. The van der Waals surface area contributed by atoms with Gasteiger partial charge in [0.05, 0.1) is 6.20 Å². The van der Waals surface area contributed by atoms with Gasteiger partial charge in [0, 0.05) is 22.3 Å². The second-order valence-electron chi connectivity index (χ2n) is 3.47. The molecular weight excluding hydrogens is 248 g/mol. The summed E-state index contributed by atoms with van der Waals surface area (Å²) < 4.78 is 26.9. The van der Waals surface area contributed by atoms with Gasteiger partial charge in [-0.1, -0.05) is 11.6 Å². The summed E-state index contributed by atoms with van der Waals surface area (Å²) in [5.41, 5.74) is -0.108. The molecule has 0 fully saturated rings. The van der Waals surface area contributed by atoms with Gasteiger partial charge >= 0.3 is 0 Å². The first-order chi connectivity index (χ1) is 8.09. The fourth-order valence-corrected chi connectivity index (χ4v) is 1.68. The smallest absolute Gasteiger partial charge is 0.147 e. The number of hydrogen-bond acceptors (Lipinski definition) is 2. The van der Waals surface area contributed by atoms with Gasteiger partial charge in [0.15, 0.2) is 0 Å². The Hall–Kier alpha value is -1.52. The van der Waals surface area contributed by atoms with Gasteiger partial charge in [-0.2, -0.15) is 0 Å². The molecule has 17 heavy (non-hydrogen) atoms. The quantitative estimate of drug-likeness (QED) is 0.895. The maximum absolute atomic E-state index is 13.5. The molecule has 1 aromatic carbocycles. The Balaban J connectivity index is 2.47. The van der Waals surface area contributed by atoms with E-state index >= 15 is 0 Å². The van der Waals surface area contributed by atoms with Crippen LogP contribution >= 0.6 is 11.6 Å². The normalized spacial score (nSPS) is 12.5. The number of nitrogens with zero attached hydrogens (tertiary/aromatic N) is 1. The van der Waals surface area contributed by atoms with E-state index in [-0.39, 0.29) is 16.1 Å². The molecule has 1 atom stereocenters. The first kappa shape index (κ1) is 12.0. The standard InChI is InChI=1S/C12H8ClF2NO/c13-7-1-2-10(14)9(5-7)12(17)8-3-4-16-6-11(8)15/h1-6,12,17H. The molecule has 1 N–H and O–H groups in total. The molecule has 2 aromatic rings. The van der Waals surface area contributed by atoms with Crippen LogP contribution in [0.1, 0.15) is 17.2 Å². The summed E-state index contributed by atoms with van der Waals surface area (Å²) in [6.45, 7) is 0. The predicted octanol–water partition coefficient (Wildman–Crippen LogP) is 3.09. The van der Waals surface area contributed by atoms with Crippen LogP contribution < -0.4 is 0 Å². The van der Waals surface area contributed by atoms with Crippen molar-refractivity contribution in [3.8, 4) is 0 Å². The van der Waals surface area contributed by atoms with Crippen LogP contribution in [0.15, 0.2) is 36.7 Å². The highest BCUT2D eigenvalue weighted by Gasteiger charge is 2.18. The van der Waals surface area contributed by atoms with Gasteiger partial charge in [0.2, 0.25) is 0 Å². The zero-order valence-electron chi connectivity index (χ0n) is 8.57. The Kier molecular flexibility index (Phi) is 3.36. The van der Waals surface area contributed by atoms with E-state index in [1.165, 1.54) is 24.4 Å². The third-order valence-corrected chi connectivity index (χ3v) is 2.59. The number of pyridine rings is 1. The zero-order chi connectivity index (χ0) is 12.4. The van der Waals surface area contributed by atoms with Gasteiger partial charge < -0.3 is 5.11 Å². The maximum Gasteiger partial charge on any atom is 0.147 e. The maximum atomic E-state index is 13.5. The van der Waals surface area contributed by atoms with Crippen molar-refractivity contribution >= 4 is 11.6 Å². The van der Waals surface area contributed by atoms with Crippen LogP contribution in [0.4, 0.5) is 8.78 Å².